The van der Waals surface area contributed by atoms with Crippen molar-refractivity contribution in [2.45, 2.75) is 18.9 Å². The first-order valence-electron chi connectivity index (χ1n) is 3.47. The Kier molecular flexibility index (Phi) is 5.56. The van der Waals surface area contributed by atoms with Crippen molar-refractivity contribution in [3.63, 3.8) is 0 Å². The van der Waals surface area contributed by atoms with Crippen LogP contribution in [0.3, 0.4) is 0 Å². The smallest absolute Gasteiger partial charge is 1.00 e. The van der Waals surface area contributed by atoms with Crippen LogP contribution >= 0.6 is 0 Å². The van der Waals surface area contributed by atoms with Gasteiger partial charge in [-0.3, -0.25) is 0 Å². The molecule has 1 heterocycles. The van der Waals surface area contributed by atoms with E-state index in [9.17, 15) is 10.4 Å². The van der Waals surface area contributed by atoms with Gasteiger partial charge in [-0.2, -0.15) is 0 Å². The standard InChI is InChI=1S/C5H11N3O3.Na.H/c9-4-5-2-1-3-7(5)8(11)6-10;;/h5,9-10H,1-4H2;;/q;+1;-1/p-1/b8-6-;;. The van der Waals surface area contributed by atoms with Gasteiger partial charge >= 0.3 is 29.6 Å². The predicted molar refractivity (Wildman–Crippen MR) is 37.3 cm³/mol. The summed E-state index contributed by atoms with van der Waals surface area (Å²) in [5.41, 5.74) is 0. The minimum atomic E-state index is -0.231. The fourth-order valence-corrected chi connectivity index (χ4v) is 1.28. The SMILES string of the molecule is [H-].[Na+].[O-]/N=[N+](\[O-])N1CCCC1CO. The Morgan fingerprint density at radius 1 is 1.75 bits per heavy atom. The van der Waals surface area contributed by atoms with Crippen LogP contribution in [0.1, 0.15) is 14.3 Å². The molecule has 7 heteroatoms. The summed E-state index contributed by atoms with van der Waals surface area (Å²) in [4.78, 5) is 0.00782. The Bertz CT molecular complexity index is 171. The largest absolute Gasteiger partial charge is 1.00 e. The maximum absolute atomic E-state index is 10.6. The van der Waals surface area contributed by atoms with Crippen molar-refractivity contribution < 1.29 is 41.1 Å². The second-order valence-electron chi connectivity index (χ2n) is 2.48. The number of hydrogen-bond donors (Lipinski definition) is 1. The van der Waals surface area contributed by atoms with E-state index >= 15 is 0 Å². The molecule has 1 aliphatic heterocycles. The summed E-state index contributed by atoms with van der Waals surface area (Å²) in [7, 11) is 0. The van der Waals surface area contributed by atoms with Crippen LogP contribution in [0.15, 0.2) is 5.28 Å². The van der Waals surface area contributed by atoms with E-state index in [0.29, 0.717) is 6.54 Å². The van der Waals surface area contributed by atoms with Crippen LogP contribution in [0, 0.1) is 10.4 Å². The van der Waals surface area contributed by atoms with Crippen LogP contribution in [-0.4, -0.2) is 34.3 Å². The number of hydrazine groups is 1. The third-order valence-electron chi connectivity index (χ3n) is 1.85. The molecule has 0 amide bonds. The van der Waals surface area contributed by atoms with Crippen molar-refractivity contribution in [2.24, 2.45) is 5.28 Å². The fourth-order valence-electron chi connectivity index (χ4n) is 1.28. The van der Waals surface area contributed by atoms with Crippen LogP contribution in [0.25, 0.3) is 0 Å². The zero-order valence-electron chi connectivity index (χ0n) is 8.01. The Morgan fingerprint density at radius 3 is 2.92 bits per heavy atom. The normalized spacial score (nSPS) is 23.9. The van der Waals surface area contributed by atoms with Crippen molar-refractivity contribution in [2.75, 3.05) is 13.2 Å². The molecule has 1 atom stereocenters. The monoisotopic (exact) mass is 184 g/mol. The molecular weight excluding hydrogens is 173 g/mol. The Hall–Kier alpha value is -0.0400. The Balaban J connectivity index is 0. The van der Waals surface area contributed by atoms with E-state index in [1.54, 1.807) is 0 Å². The third-order valence-corrected chi connectivity index (χ3v) is 1.85. The van der Waals surface area contributed by atoms with Gasteiger partial charge in [0, 0.05) is 4.97 Å². The van der Waals surface area contributed by atoms with Crippen LogP contribution < -0.4 is 29.6 Å². The van der Waals surface area contributed by atoms with Gasteiger partial charge in [0.1, 0.15) is 6.04 Å². The summed E-state index contributed by atoms with van der Waals surface area (Å²) in [5.74, 6) is 0. The average Bonchev–Trinajstić information content (AvgIpc) is 2.50. The second kappa shape index (κ2) is 5.58. The number of nitrogens with zero attached hydrogens (tertiary/aromatic N) is 3. The average molecular weight is 184 g/mol. The third kappa shape index (κ3) is 2.48. The molecule has 1 N–H and O–H groups in total. The van der Waals surface area contributed by atoms with Gasteiger partial charge in [0.2, 0.25) is 0 Å². The topological polar surface area (TPSA) is 85.0 Å². The molecule has 0 bridgehead atoms. The summed E-state index contributed by atoms with van der Waals surface area (Å²) in [6.07, 6.45) is 1.56. The van der Waals surface area contributed by atoms with Gasteiger partial charge in [-0.15, -0.1) is 5.01 Å². The molecule has 1 rings (SSSR count). The predicted octanol–water partition coefficient (Wildman–Crippen LogP) is -3.07. The van der Waals surface area contributed by atoms with E-state index in [4.69, 9.17) is 5.11 Å². The van der Waals surface area contributed by atoms with Gasteiger partial charge in [0.15, 0.2) is 0 Å². The number of hydrogen-bond acceptors (Lipinski definition) is 4. The first-order valence-corrected chi connectivity index (χ1v) is 3.47. The number of aliphatic hydroxyl groups excluding tert-OH is 1. The van der Waals surface area contributed by atoms with E-state index in [-0.39, 0.29) is 48.6 Å². The fraction of sp³-hybridized carbons (Fsp3) is 1.00. The molecule has 1 fully saturated rings. The molecular formula is C5H11N3NaO3-. The summed E-state index contributed by atoms with van der Waals surface area (Å²) in [5, 5.41) is 32.6. The van der Waals surface area contributed by atoms with Crippen molar-refractivity contribution in [1.82, 2.24) is 5.01 Å². The Labute approximate surface area is 93.8 Å². The van der Waals surface area contributed by atoms with Crippen LogP contribution in [0.5, 0.6) is 0 Å². The van der Waals surface area contributed by atoms with E-state index in [0.717, 1.165) is 12.8 Å². The van der Waals surface area contributed by atoms with Crippen molar-refractivity contribution >= 4 is 0 Å². The summed E-state index contributed by atoms with van der Waals surface area (Å²) >= 11 is 0. The van der Waals surface area contributed by atoms with E-state index < -0.39 is 0 Å². The van der Waals surface area contributed by atoms with Gasteiger partial charge in [-0.1, -0.05) is 0 Å². The summed E-state index contributed by atoms with van der Waals surface area (Å²) in [6.45, 7) is 0.398. The molecule has 1 saturated heterocycles. The summed E-state index contributed by atoms with van der Waals surface area (Å²) in [6, 6.07) is -0.231. The van der Waals surface area contributed by atoms with E-state index in [2.05, 4.69) is 5.28 Å². The molecule has 0 aliphatic carbocycles. The molecule has 0 aromatic carbocycles. The molecule has 12 heavy (non-hydrogen) atoms. The van der Waals surface area contributed by atoms with Gasteiger partial charge in [-0.25, -0.2) is 0 Å². The maximum atomic E-state index is 10.6. The van der Waals surface area contributed by atoms with Gasteiger partial charge in [-0.05, 0) is 18.1 Å². The molecule has 0 aromatic rings. The molecule has 1 unspecified atom stereocenters. The molecule has 0 spiro atoms. The van der Waals surface area contributed by atoms with Crippen LogP contribution in [0.2, 0.25) is 0 Å². The van der Waals surface area contributed by atoms with E-state index in [1.807, 2.05) is 0 Å². The first kappa shape index (κ1) is 12.0. The number of aliphatic hydroxyl groups is 1. The van der Waals surface area contributed by atoms with Crippen molar-refractivity contribution in [3.8, 4) is 0 Å². The minimum absolute atomic E-state index is 0. The first-order chi connectivity index (χ1) is 5.29. The van der Waals surface area contributed by atoms with Crippen molar-refractivity contribution in [1.29, 1.82) is 0 Å². The van der Waals surface area contributed by atoms with Crippen LogP contribution in [0.4, 0.5) is 0 Å². The molecule has 0 aromatic heterocycles. The van der Waals surface area contributed by atoms with E-state index in [1.165, 1.54) is 5.01 Å². The zero-order valence-corrected chi connectivity index (χ0v) is 9.01. The van der Waals surface area contributed by atoms with Gasteiger partial charge in [0.05, 0.1) is 13.2 Å². The minimum Gasteiger partial charge on any atom is -1.00 e. The zero-order chi connectivity index (χ0) is 8.27. The second-order valence-corrected chi connectivity index (χ2v) is 2.48. The molecule has 0 saturated carbocycles. The molecule has 6 nitrogen and oxygen atoms in total. The molecule has 0 radical (unpaired) electrons. The quantitative estimate of drug-likeness (QED) is 0.214. The number of rotatable bonds is 2. The Morgan fingerprint density at radius 2 is 2.42 bits per heavy atom. The molecule has 66 valence electrons. The van der Waals surface area contributed by atoms with Crippen LogP contribution in [-0.2, 0) is 0 Å². The van der Waals surface area contributed by atoms with Crippen molar-refractivity contribution in [3.05, 3.63) is 10.4 Å². The maximum Gasteiger partial charge on any atom is 1.00 e. The van der Waals surface area contributed by atoms with Gasteiger partial charge in [0.25, 0.3) is 0 Å². The summed E-state index contributed by atoms with van der Waals surface area (Å²) < 4.78 is 0. The molecule has 1 aliphatic rings. The van der Waals surface area contributed by atoms with Gasteiger partial charge < -0.3 is 16.9 Å².